The molecule has 2 aromatic carbocycles. The van der Waals surface area contributed by atoms with E-state index in [0.29, 0.717) is 28.8 Å². The second-order valence-corrected chi connectivity index (χ2v) is 11.7. The quantitative estimate of drug-likeness (QED) is 0.334. The highest BCUT2D eigenvalue weighted by atomic mass is 35.5. The number of rotatable bonds is 10. The van der Waals surface area contributed by atoms with Crippen LogP contribution in [0.15, 0.2) is 48.7 Å². The maximum absolute atomic E-state index is 9.69. The Hall–Kier alpha value is -3.13. The average molecular weight is 611 g/mol. The molecule has 11 heteroatoms. The van der Waals surface area contributed by atoms with E-state index in [9.17, 15) is 5.26 Å². The number of nitriles is 1. The van der Waals surface area contributed by atoms with Gasteiger partial charge in [0.2, 0.25) is 5.95 Å². The van der Waals surface area contributed by atoms with E-state index < -0.39 is 5.41 Å². The van der Waals surface area contributed by atoms with Crippen LogP contribution >= 0.6 is 23.2 Å². The monoisotopic (exact) mass is 609 g/mol. The molecule has 9 nitrogen and oxygen atoms in total. The van der Waals surface area contributed by atoms with Gasteiger partial charge in [-0.3, -0.25) is 0 Å². The van der Waals surface area contributed by atoms with Gasteiger partial charge in [0, 0.05) is 64.0 Å². The number of benzene rings is 2. The zero-order valence-corrected chi connectivity index (χ0v) is 25.7. The second kappa shape index (κ2) is 13.9. The molecule has 0 radical (unpaired) electrons. The largest absolute Gasteiger partial charge is 0.489 e. The van der Waals surface area contributed by atoms with Crippen LogP contribution in [0.2, 0.25) is 5.02 Å². The Morgan fingerprint density at radius 3 is 2.36 bits per heavy atom. The molecule has 0 unspecified atom stereocenters. The molecule has 0 saturated carbocycles. The molecule has 3 heterocycles. The molecular formula is C31H37Cl2N7O2. The van der Waals surface area contributed by atoms with Crippen LogP contribution in [0.3, 0.4) is 0 Å². The first-order valence-electron chi connectivity index (χ1n) is 14.3. The molecule has 0 atom stereocenters. The number of hydrogen-bond acceptors (Lipinski definition) is 9. The second-order valence-electron chi connectivity index (χ2n) is 10.9. The molecule has 222 valence electrons. The van der Waals surface area contributed by atoms with E-state index in [4.69, 9.17) is 37.7 Å². The van der Waals surface area contributed by atoms with Gasteiger partial charge < -0.3 is 19.7 Å². The van der Waals surface area contributed by atoms with Crippen molar-refractivity contribution in [1.29, 1.82) is 5.26 Å². The number of alkyl halides is 1. The number of nitrogens with zero attached hydrogens (tertiary/aromatic N) is 6. The summed E-state index contributed by atoms with van der Waals surface area (Å²) < 4.78 is 11.7. The molecule has 5 rings (SSSR count). The number of ether oxygens (including phenoxy) is 2. The number of anilines is 1. The van der Waals surface area contributed by atoms with Crippen molar-refractivity contribution < 1.29 is 9.47 Å². The highest BCUT2D eigenvalue weighted by molar-refractivity contribution is 6.32. The van der Waals surface area contributed by atoms with Crippen LogP contribution in [-0.2, 0) is 12.0 Å². The van der Waals surface area contributed by atoms with E-state index in [2.05, 4.69) is 45.1 Å². The van der Waals surface area contributed by atoms with Crippen molar-refractivity contribution in [2.45, 2.75) is 25.9 Å². The summed E-state index contributed by atoms with van der Waals surface area (Å²) in [4.78, 5) is 11.6. The van der Waals surface area contributed by atoms with Crippen molar-refractivity contribution in [2.75, 3.05) is 69.7 Å². The van der Waals surface area contributed by atoms with Gasteiger partial charge in [-0.1, -0.05) is 37.6 Å². The van der Waals surface area contributed by atoms with Gasteiger partial charge in [0.1, 0.15) is 25.0 Å². The number of hydrazine groups is 1. The van der Waals surface area contributed by atoms with Crippen LogP contribution in [0.5, 0.6) is 11.5 Å². The third kappa shape index (κ3) is 7.08. The van der Waals surface area contributed by atoms with Crippen molar-refractivity contribution in [3.8, 4) is 17.6 Å². The van der Waals surface area contributed by atoms with Gasteiger partial charge in [0.05, 0.1) is 22.2 Å². The van der Waals surface area contributed by atoms with Crippen LogP contribution in [-0.4, -0.2) is 84.8 Å². The molecular weight excluding hydrogens is 573 g/mol. The average Bonchev–Trinajstić information content (AvgIpc) is 3.03. The van der Waals surface area contributed by atoms with Crippen LogP contribution in [0.25, 0.3) is 0 Å². The van der Waals surface area contributed by atoms with E-state index in [1.807, 2.05) is 48.7 Å². The third-order valence-electron chi connectivity index (χ3n) is 7.90. The number of nitrogens with one attached hydrogen (secondary N) is 1. The van der Waals surface area contributed by atoms with Crippen LogP contribution < -0.4 is 19.7 Å². The van der Waals surface area contributed by atoms with Gasteiger partial charge in [-0.2, -0.15) is 5.26 Å². The highest BCUT2D eigenvalue weighted by Crippen LogP contribution is 2.38. The molecule has 42 heavy (non-hydrogen) atoms. The molecule has 0 spiro atoms. The lowest BCUT2D eigenvalue weighted by atomic mass is 9.77. The Balaban J connectivity index is 1.19. The fourth-order valence-corrected chi connectivity index (χ4v) is 5.70. The summed E-state index contributed by atoms with van der Waals surface area (Å²) in [7, 11) is 0. The Morgan fingerprint density at radius 2 is 1.67 bits per heavy atom. The molecule has 0 bridgehead atoms. The topological polar surface area (TPSA) is 89.8 Å². The summed E-state index contributed by atoms with van der Waals surface area (Å²) >= 11 is 12.3. The van der Waals surface area contributed by atoms with Crippen molar-refractivity contribution in [3.05, 3.63) is 76.1 Å². The first-order chi connectivity index (χ1) is 20.4. The summed E-state index contributed by atoms with van der Waals surface area (Å²) in [6, 6.07) is 15.8. The van der Waals surface area contributed by atoms with E-state index in [0.717, 1.165) is 80.9 Å². The lowest BCUT2D eigenvalue weighted by Crippen LogP contribution is -2.58. The van der Waals surface area contributed by atoms with Crippen LogP contribution in [0, 0.1) is 11.3 Å². The minimum atomic E-state index is -0.407. The van der Waals surface area contributed by atoms with Gasteiger partial charge in [0.25, 0.3) is 0 Å². The standard InChI is InChI=1S/C31H37Cl2N7O2/c1-31(2,25-19-23(21-34)29(28(33)20-25)41-18-8-32)24-3-5-27(6-4-24)42-22-26-7-9-36-30(37-26)38-14-16-40(17-15-38)39-12-10-35-11-13-39/h3-7,9,19-20,35H,8,10-18,22H2,1-2H3. The zero-order valence-electron chi connectivity index (χ0n) is 24.2. The summed E-state index contributed by atoms with van der Waals surface area (Å²) in [6.07, 6.45) is 1.81. The van der Waals surface area contributed by atoms with Gasteiger partial charge in [-0.05, 0) is 41.5 Å². The van der Waals surface area contributed by atoms with Gasteiger partial charge in [0.15, 0.2) is 5.75 Å². The number of halogens is 2. The molecule has 2 aliphatic heterocycles. The molecule has 3 aromatic rings. The van der Waals surface area contributed by atoms with Crippen molar-refractivity contribution in [3.63, 3.8) is 0 Å². The molecule has 1 aromatic heterocycles. The number of hydrogen-bond donors (Lipinski definition) is 1. The maximum atomic E-state index is 9.69. The summed E-state index contributed by atoms with van der Waals surface area (Å²) in [6.45, 7) is 12.8. The Bertz CT molecular complexity index is 1380. The highest BCUT2D eigenvalue weighted by Gasteiger charge is 2.27. The first-order valence-corrected chi connectivity index (χ1v) is 15.2. The van der Waals surface area contributed by atoms with Crippen molar-refractivity contribution in [1.82, 2.24) is 25.3 Å². The van der Waals surface area contributed by atoms with Crippen LogP contribution in [0.4, 0.5) is 5.95 Å². The lowest BCUT2D eigenvalue weighted by molar-refractivity contribution is -0.0376. The number of aromatic nitrogens is 2. The summed E-state index contributed by atoms with van der Waals surface area (Å²) in [5, 5.41) is 18.4. The van der Waals surface area contributed by atoms with Gasteiger partial charge in [-0.15, -0.1) is 11.6 Å². The smallest absolute Gasteiger partial charge is 0.225 e. The minimum absolute atomic E-state index is 0.282. The van der Waals surface area contributed by atoms with Gasteiger partial charge >= 0.3 is 0 Å². The molecule has 1 N–H and O–H groups in total. The normalized spacial score (nSPS) is 16.7. The Kier molecular flexibility index (Phi) is 10.0. The summed E-state index contributed by atoms with van der Waals surface area (Å²) in [5.74, 6) is 2.19. The zero-order chi connectivity index (χ0) is 29.5. The predicted molar refractivity (Wildman–Crippen MR) is 166 cm³/mol. The third-order valence-corrected chi connectivity index (χ3v) is 8.34. The summed E-state index contributed by atoms with van der Waals surface area (Å²) in [5.41, 5.74) is 2.80. The minimum Gasteiger partial charge on any atom is -0.489 e. The molecule has 0 amide bonds. The maximum Gasteiger partial charge on any atom is 0.225 e. The van der Waals surface area contributed by atoms with Gasteiger partial charge in [-0.25, -0.2) is 20.0 Å². The predicted octanol–water partition coefficient (Wildman–Crippen LogP) is 4.47. The Morgan fingerprint density at radius 1 is 0.952 bits per heavy atom. The lowest BCUT2D eigenvalue weighted by Gasteiger charge is -2.42. The van der Waals surface area contributed by atoms with Crippen molar-refractivity contribution >= 4 is 29.2 Å². The van der Waals surface area contributed by atoms with E-state index >= 15 is 0 Å². The van der Waals surface area contributed by atoms with Crippen LogP contribution in [0.1, 0.15) is 36.2 Å². The molecule has 2 fully saturated rings. The van der Waals surface area contributed by atoms with E-state index in [1.165, 1.54) is 0 Å². The van der Waals surface area contributed by atoms with Crippen molar-refractivity contribution in [2.24, 2.45) is 0 Å². The molecule has 2 aliphatic rings. The fourth-order valence-electron chi connectivity index (χ4n) is 5.35. The SMILES string of the molecule is CC(C)(c1ccc(OCc2ccnc(N3CCN(N4CCNCC4)CC3)n2)cc1)c1cc(Cl)c(OCCCl)c(C#N)c1. The molecule has 2 saturated heterocycles. The van der Waals surface area contributed by atoms with E-state index in [1.54, 1.807) is 0 Å². The first kappa shape index (κ1) is 30.3. The number of piperazine rings is 2. The molecule has 0 aliphatic carbocycles. The van der Waals surface area contributed by atoms with E-state index in [-0.39, 0.29) is 6.61 Å². The Labute approximate surface area is 257 Å². The fraction of sp³-hybridized carbons (Fsp3) is 0.452.